The molecule has 13 nitrogen and oxygen atoms in total. The quantitative estimate of drug-likeness (QED) is 0.227. The third-order valence-corrected chi connectivity index (χ3v) is 7.40. The van der Waals surface area contributed by atoms with Crippen molar-refractivity contribution >= 4 is 40.3 Å². The normalized spacial score (nSPS) is 16.4. The number of likely N-dealkylation sites (N-methyl/N-ethyl adjacent to an activating group) is 1. The molecule has 0 saturated heterocycles. The smallest absolute Gasteiger partial charge is 0.486 e. The molecule has 0 unspecified atom stereocenters. The fourth-order valence-corrected chi connectivity index (χ4v) is 4.81. The number of rotatable bonds is 7. The van der Waals surface area contributed by atoms with E-state index in [2.05, 4.69) is 16.7 Å². The number of aromatic nitrogens is 2. The molecule has 3 aromatic carbocycles. The number of fused-ring (bicyclic) bond motifs is 2. The van der Waals surface area contributed by atoms with Gasteiger partial charge in [-0.05, 0) is 57.3 Å². The van der Waals surface area contributed by atoms with Crippen LogP contribution in [-0.4, -0.2) is 75.2 Å². The molecule has 250 valence electrons. The van der Waals surface area contributed by atoms with Gasteiger partial charge in [0.25, 0.3) is 5.91 Å². The van der Waals surface area contributed by atoms with Crippen LogP contribution < -0.4 is 20.3 Å². The number of nitriles is 1. The molecule has 5 rings (SSSR count). The molecule has 48 heavy (non-hydrogen) atoms. The maximum atomic E-state index is 14.1. The number of alkyl halides is 3. The number of aromatic carboxylic acids is 1. The summed E-state index contributed by atoms with van der Waals surface area (Å²) in [5.74, 6) is -4.10. The van der Waals surface area contributed by atoms with Gasteiger partial charge in [0.1, 0.15) is 24.0 Å². The van der Waals surface area contributed by atoms with Crippen LogP contribution in [0.2, 0.25) is 0 Å². The van der Waals surface area contributed by atoms with Crippen LogP contribution in [0.25, 0.3) is 16.6 Å². The zero-order valence-electron chi connectivity index (χ0n) is 25.6. The standard InChI is InChI=1S/C30H28N6O5.C2HF3O2/c1-17(32-3)28(37)33-27-18(2)41-26-11-7-6-10-25(26)35(29(27)38)16-22-21-8-4-5-9-24(21)36(34-22)23-13-12-19(30(39)40)14-20(23)15-31;3-2(4,5)1(6)7/h4-14,17-18,27,32H,16H2,1-3H3,(H,33,37)(H,39,40);(H,6,7)/t17-,18-,27-;/m0./s1. The molecule has 3 atom stereocenters. The number of carboxylic acid groups (broad SMARTS) is 2. The number of hydrogen-bond donors (Lipinski definition) is 4. The molecule has 0 saturated carbocycles. The fourth-order valence-electron chi connectivity index (χ4n) is 4.81. The average Bonchev–Trinajstić information content (AvgIpc) is 3.38. The number of nitrogens with one attached hydrogen (secondary N) is 2. The number of hydrogen-bond acceptors (Lipinski definition) is 8. The minimum atomic E-state index is -5.08. The van der Waals surface area contributed by atoms with Gasteiger partial charge < -0.3 is 30.5 Å². The number of anilines is 1. The van der Waals surface area contributed by atoms with E-state index in [0.717, 1.165) is 5.39 Å². The van der Waals surface area contributed by atoms with E-state index in [-0.39, 0.29) is 29.5 Å². The number of para-hydroxylation sites is 3. The summed E-state index contributed by atoms with van der Waals surface area (Å²) in [6.07, 6.45) is -5.73. The van der Waals surface area contributed by atoms with Crippen LogP contribution in [0.1, 0.15) is 35.5 Å². The summed E-state index contributed by atoms with van der Waals surface area (Å²) in [5, 5.41) is 37.6. The molecule has 0 radical (unpaired) electrons. The van der Waals surface area contributed by atoms with Crippen LogP contribution >= 0.6 is 0 Å². The van der Waals surface area contributed by atoms with Crippen LogP contribution in [0.15, 0.2) is 66.7 Å². The van der Waals surface area contributed by atoms with Gasteiger partial charge in [-0.1, -0.05) is 30.3 Å². The first-order chi connectivity index (χ1) is 22.7. The van der Waals surface area contributed by atoms with Gasteiger partial charge in [0.15, 0.2) is 0 Å². The summed E-state index contributed by atoms with van der Waals surface area (Å²) >= 11 is 0. The lowest BCUT2D eigenvalue weighted by Gasteiger charge is -2.27. The van der Waals surface area contributed by atoms with E-state index in [1.54, 1.807) is 54.7 Å². The van der Waals surface area contributed by atoms with Crippen LogP contribution in [0.5, 0.6) is 5.75 Å². The van der Waals surface area contributed by atoms with Crippen LogP contribution in [0, 0.1) is 11.3 Å². The summed E-state index contributed by atoms with van der Waals surface area (Å²) in [4.78, 5) is 48.7. The molecule has 0 bridgehead atoms. The SMILES string of the molecule is CN[C@@H](C)C(=O)N[C@@H]1C(=O)N(Cc2nn(-c3ccc(C(=O)O)cc3C#N)c3ccccc23)c2ccccc2O[C@H]1C.O=C(O)C(F)(F)F. The second-order valence-electron chi connectivity index (χ2n) is 10.5. The number of carbonyl (C=O) groups excluding carboxylic acids is 2. The number of carbonyl (C=O) groups is 4. The second-order valence-corrected chi connectivity index (χ2v) is 10.5. The van der Waals surface area contributed by atoms with E-state index in [0.29, 0.717) is 28.3 Å². The van der Waals surface area contributed by atoms with Gasteiger partial charge in [-0.3, -0.25) is 9.59 Å². The van der Waals surface area contributed by atoms with Crippen molar-refractivity contribution in [1.29, 1.82) is 5.26 Å². The third-order valence-electron chi connectivity index (χ3n) is 7.40. The Balaban J connectivity index is 0.000000671. The first kappa shape index (κ1) is 34.9. The lowest BCUT2D eigenvalue weighted by atomic mass is 10.1. The molecule has 2 amide bonds. The lowest BCUT2D eigenvalue weighted by molar-refractivity contribution is -0.192. The maximum Gasteiger partial charge on any atom is 0.490 e. The molecule has 0 aliphatic carbocycles. The van der Waals surface area contributed by atoms with E-state index in [1.165, 1.54) is 12.1 Å². The van der Waals surface area contributed by atoms with Crippen LogP contribution in [0.4, 0.5) is 18.9 Å². The highest BCUT2D eigenvalue weighted by molar-refractivity contribution is 6.02. The molecule has 1 aliphatic rings. The molecular formula is C32H29F3N6O7. The highest BCUT2D eigenvalue weighted by atomic mass is 19.4. The van der Waals surface area contributed by atoms with E-state index in [4.69, 9.17) is 19.7 Å². The van der Waals surface area contributed by atoms with Crippen LogP contribution in [-0.2, 0) is 20.9 Å². The molecule has 0 spiro atoms. The molecule has 4 N–H and O–H groups in total. The summed E-state index contributed by atoms with van der Waals surface area (Å²) in [6, 6.07) is 19.4. The van der Waals surface area contributed by atoms with Gasteiger partial charge in [0.05, 0.1) is 46.3 Å². The molecule has 1 aliphatic heterocycles. The Bertz CT molecular complexity index is 1920. The van der Waals surface area contributed by atoms with Crippen molar-refractivity contribution in [2.24, 2.45) is 0 Å². The molecule has 1 aromatic heterocycles. The number of amides is 2. The number of benzene rings is 3. The molecule has 16 heteroatoms. The van der Waals surface area contributed by atoms with Crippen molar-refractivity contribution < 1.29 is 47.3 Å². The van der Waals surface area contributed by atoms with Crippen LogP contribution in [0.3, 0.4) is 0 Å². The van der Waals surface area contributed by atoms with Gasteiger partial charge in [0, 0.05) is 5.39 Å². The molecule has 0 fully saturated rings. The number of aliphatic carboxylic acids is 1. The second kappa shape index (κ2) is 14.2. The number of carboxylic acids is 2. The Kier molecular flexibility index (Phi) is 10.3. The van der Waals surface area contributed by atoms with E-state index in [9.17, 15) is 37.9 Å². The van der Waals surface area contributed by atoms with Gasteiger partial charge in [0.2, 0.25) is 5.91 Å². The summed E-state index contributed by atoms with van der Waals surface area (Å²) < 4.78 is 39.5. The minimum Gasteiger partial charge on any atom is -0.486 e. The predicted molar refractivity (Wildman–Crippen MR) is 165 cm³/mol. The summed E-state index contributed by atoms with van der Waals surface area (Å²) in [5.41, 5.74) is 2.29. The fraction of sp³-hybridized carbons (Fsp3) is 0.250. The maximum absolute atomic E-state index is 14.1. The highest BCUT2D eigenvalue weighted by Crippen LogP contribution is 2.35. The highest BCUT2D eigenvalue weighted by Gasteiger charge is 2.39. The molecular weight excluding hydrogens is 637 g/mol. The summed E-state index contributed by atoms with van der Waals surface area (Å²) in [7, 11) is 1.66. The van der Waals surface area contributed by atoms with Crippen molar-refractivity contribution in [3.05, 3.63) is 83.6 Å². The zero-order valence-corrected chi connectivity index (χ0v) is 25.6. The lowest BCUT2D eigenvalue weighted by Crippen LogP contribution is -2.56. The van der Waals surface area contributed by atoms with Gasteiger partial charge in [-0.25, -0.2) is 14.3 Å². The first-order valence-corrected chi connectivity index (χ1v) is 14.3. The Morgan fingerprint density at radius 1 is 1.06 bits per heavy atom. The van der Waals surface area contributed by atoms with E-state index < -0.39 is 36.3 Å². The predicted octanol–water partition coefficient (Wildman–Crippen LogP) is 3.64. The summed E-state index contributed by atoms with van der Waals surface area (Å²) in [6.45, 7) is 3.48. The van der Waals surface area contributed by atoms with Gasteiger partial charge in [-0.15, -0.1) is 0 Å². The van der Waals surface area contributed by atoms with Crippen molar-refractivity contribution in [3.8, 4) is 17.5 Å². The van der Waals surface area contributed by atoms with E-state index in [1.807, 2.05) is 30.3 Å². The van der Waals surface area contributed by atoms with Crippen molar-refractivity contribution in [2.75, 3.05) is 11.9 Å². The monoisotopic (exact) mass is 666 g/mol. The first-order valence-electron chi connectivity index (χ1n) is 14.3. The molecule has 4 aromatic rings. The zero-order chi connectivity index (χ0) is 35.3. The number of nitrogens with zero attached hydrogens (tertiary/aromatic N) is 4. The Morgan fingerprint density at radius 2 is 1.71 bits per heavy atom. The minimum absolute atomic E-state index is 0.0106. The Labute approximate surface area is 271 Å². The number of ether oxygens (including phenoxy) is 1. The van der Waals surface area contributed by atoms with Crippen molar-refractivity contribution in [2.45, 2.75) is 44.8 Å². The Hall–Kier alpha value is -5.95. The van der Waals surface area contributed by atoms with E-state index >= 15 is 0 Å². The number of halogens is 3. The molecule has 2 heterocycles. The van der Waals surface area contributed by atoms with Gasteiger partial charge >= 0.3 is 18.1 Å². The largest absolute Gasteiger partial charge is 0.490 e. The topological polar surface area (TPSA) is 187 Å². The third kappa shape index (κ3) is 7.37. The van der Waals surface area contributed by atoms with Crippen molar-refractivity contribution in [1.82, 2.24) is 20.4 Å². The van der Waals surface area contributed by atoms with Gasteiger partial charge in [-0.2, -0.15) is 23.5 Å². The average molecular weight is 667 g/mol. The Morgan fingerprint density at radius 3 is 2.33 bits per heavy atom. The van der Waals surface area contributed by atoms with Crippen molar-refractivity contribution in [3.63, 3.8) is 0 Å².